The molecule has 0 unspecified atom stereocenters. The number of aromatic nitrogens is 6. The monoisotopic (exact) mass is 620 g/mol. The summed E-state index contributed by atoms with van der Waals surface area (Å²) >= 11 is 6.30. The van der Waals surface area contributed by atoms with Gasteiger partial charge in [0.1, 0.15) is 12.2 Å². The average molecular weight is 621 g/mol. The summed E-state index contributed by atoms with van der Waals surface area (Å²) in [5.41, 5.74) is -0.484. The molecule has 43 heavy (non-hydrogen) atoms. The highest BCUT2D eigenvalue weighted by atomic mass is 35.5. The van der Waals surface area contributed by atoms with E-state index >= 15 is 0 Å². The van der Waals surface area contributed by atoms with Gasteiger partial charge < -0.3 is 5.32 Å². The molecule has 0 aliphatic carbocycles. The fourth-order valence-electron chi connectivity index (χ4n) is 4.12. The first-order valence-electron chi connectivity index (χ1n) is 12.5. The number of pyridine rings is 1. The summed E-state index contributed by atoms with van der Waals surface area (Å²) < 4.78 is 66.9. The third-order valence-corrected chi connectivity index (χ3v) is 6.40. The van der Waals surface area contributed by atoms with Crippen LogP contribution in [0.25, 0.3) is 5.82 Å². The van der Waals surface area contributed by atoms with Crippen molar-refractivity contribution in [3.63, 3.8) is 0 Å². The summed E-state index contributed by atoms with van der Waals surface area (Å²) in [6.07, 6.45) is -4.52. The first-order chi connectivity index (χ1) is 20.1. The number of ketones is 1. The Bertz CT molecular complexity index is 1740. The molecule has 16 heteroatoms. The van der Waals surface area contributed by atoms with Crippen molar-refractivity contribution in [2.45, 2.75) is 51.9 Å². The zero-order valence-electron chi connectivity index (χ0n) is 22.7. The second-order valence-electron chi connectivity index (χ2n) is 9.73. The molecule has 0 radical (unpaired) electrons. The lowest BCUT2D eigenvalue weighted by Gasteiger charge is -2.16. The number of carbonyl (C=O) groups excluding carboxylic acids is 2. The number of amides is 1. The fourth-order valence-corrected chi connectivity index (χ4v) is 4.32. The molecular weight excluding hydrogens is 599 g/mol. The number of Topliss-reactive ketones (excluding diaryl/α,β-unsaturated/α-hetero) is 1. The van der Waals surface area contributed by atoms with Gasteiger partial charge in [0, 0.05) is 24.2 Å². The van der Waals surface area contributed by atoms with Gasteiger partial charge in [0.15, 0.2) is 17.3 Å². The minimum absolute atomic E-state index is 0.0110. The van der Waals surface area contributed by atoms with Gasteiger partial charge in [0.25, 0.3) is 5.91 Å². The van der Waals surface area contributed by atoms with Crippen LogP contribution in [-0.2, 0) is 18.9 Å². The summed E-state index contributed by atoms with van der Waals surface area (Å²) in [7, 11) is 0. The van der Waals surface area contributed by atoms with E-state index in [2.05, 4.69) is 25.6 Å². The maximum atomic E-state index is 13.7. The van der Waals surface area contributed by atoms with Crippen molar-refractivity contribution in [3.05, 3.63) is 87.1 Å². The topological polar surface area (TPSA) is 131 Å². The maximum Gasteiger partial charge on any atom is 0.459 e. The van der Waals surface area contributed by atoms with Crippen LogP contribution < -0.4 is 5.32 Å². The summed E-state index contributed by atoms with van der Waals surface area (Å²) in [6, 6.07) is 8.95. The van der Waals surface area contributed by atoms with E-state index in [1.807, 2.05) is 6.07 Å². The molecule has 1 amide bonds. The zero-order valence-corrected chi connectivity index (χ0v) is 23.5. The number of nitriles is 1. The van der Waals surface area contributed by atoms with Gasteiger partial charge >= 0.3 is 12.1 Å². The summed E-state index contributed by atoms with van der Waals surface area (Å²) in [5, 5.41) is 23.3. The Morgan fingerprint density at radius 1 is 1.14 bits per heavy atom. The van der Waals surface area contributed by atoms with Crippen molar-refractivity contribution < 1.29 is 31.5 Å². The molecule has 224 valence electrons. The van der Waals surface area contributed by atoms with Gasteiger partial charge in [0.2, 0.25) is 0 Å². The highest BCUT2D eigenvalue weighted by Crippen LogP contribution is 2.42. The Kier molecular flexibility index (Phi) is 8.63. The number of rotatable bonds is 9. The van der Waals surface area contributed by atoms with Gasteiger partial charge in [0.05, 0.1) is 28.5 Å². The molecule has 0 spiro atoms. The van der Waals surface area contributed by atoms with Crippen LogP contribution in [0, 0.1) is 18.3 Å². The van der Waals surface area contributed by atoms with Crippen molar-refractivity contribution >= 4 is 23.3 Å². The van der Waals surface area contributed by atoms with E-state index in [0.29, 0.717) is 22.1 Å². The van der Waals surface area contributed by atoms with Crippen molar-refractivity contribution in [1.29, 1.82) is 5.26 Å². The van der Waals surface area contributed by atoms with Crippen molar-refractivity contribution in [2.24, 2.45) is 0 Å². The van der Waals surface area contributed by atoms with E-state index in [9.17, 15) is 36.8 Å². The molecule has 3 heterocycles. The minimum Gasteiger partial charge on any atom is -0.350 e. The van der Waals surface area contributed by atoms with Gasteiger partial charge in [-0.3, -0.25) is 9.59 Å². The molecule has 0 atom stereocenters. The molecule has 1 aromatic carbocycles. The highest BCUT2D eigenvalue weighted by molar-refractivity contribution is 6.32. The van der Waals surface area contributed by atoms with Crippen LogP contribution in [0.4, 0.5) is 22.0 Å². The lowest BCUT2D eigenvalue weighted by molar-refractivity contribution is -0.291. The Morgan fingerprint density at radius 3 is 2.49 bits per heavy atom. The van der Waals surface area contributed by atoms with Crippen LogP contribution in [0.2, 0.25) is 5.02 Å². The number of alkyl halides is 5. The molecule has 0 fully saturated rings. The molecule has 10 nitrogen and oxygen atoms in total. The number of hydrogen-bond donors (Lipinski definition) is 1. The van der Waals surface area contributed by atoms with E-state index in [1.165, 1.54) is 36.5 Å². The number of aryl methyl sites for hydroxylation is 1. The Balaban J connectivity index is 1.75. The second kappa shape index (κ2) is 11.9. The maximum absolute atomic E-state index is 13.7. The van der Waals surface area contributed by atoms with Crippen LogP contribution in [-0.4, -0.2) is 53.7 Å². The number of nitrogens with one attached hydrogen (secondary N) is 1. The van der Waals surface area contributed by atoms with E-state index in [1.54, 1.807) is 20.8 Å². The normalized spacial score (nSPS) is 11.9. The quantitative estimate of drug-likeness (QED) is 0.207. The van der Waals surface area contributed by atoms with Gasteiger partial charge in [-0.15, -0.1) is 0 Å². The largest absolute Gasteiger partial charge is 0.459 e. The Hall–Kier alpha value is -4.71. The van der Waals surface area contributed by atoms with Gasteiger partial charge in [-0.1, -0.05) is 11.6 Å². The van der Waals surface area contributed by atoms with Gasteiger partial charge in [-0.25, -0.2) is 9.67 Å². The number of halogens is 6. The summed E-state index contributed by atoms with van der Waals surface area (Å²) in [5.74, 6) is -6.25. The molecule has 0 saturated heterocycles. The molecule has 0 saturated carbocycles. The zero-order chi connectivity index (χ0) is 31.7. The third-order valence-electron chi connectivity index (χ3n) is 6.11. The highest BCUT2D eigenvalue weighted by Gasteiger charge is 2.60. The lowest BCUT2D eigenvalue weighted by atomic mass is 9.93. The van der Waals surface area contributed by atoms with E-state index in [-0.39, 0.29) is 45.8 Å². The van der Waals surface area contributed by atoms with Crippen LogP contribution >= 0.6 is 11.6 Å². The smallest absolute Gasteiger partial charge is 0.350 e. The SMILES string of the molecule is Cc1cc(C#N)cc(C(=O)NC(C)C)c1CC(=O)c1cc(Cn2ncc(C(F)(F)C(F)(F)F)n2)nn1-c1ncccc1Cl. The standard InChI is InChI=1S/C27H22ClF5N8O2/c1-14(2)37-25(43)19-8-16(11-34)7-15(3)18(19)10-22(42)21-9-17(38-41(21)24-20(28)5-4-6-35-24)13-40-36-12-23(39-40)26(29,30)27(31,32)33/h4-9,12,14H,10,13H2,1-3H3,(H,37,43). The molecule has 4 aromatic rings. The van der Waals surface area contributed by atoms with Crippen LogP contribution in [0.5, 0.6) is 0 Å². The van der Waals surface area contributed by atoms with Crippen LogP contribution in [0.3, 0.4) is 0 Å². The number of benzene rings is 1. The fraction of sp³-hybridized carbons (Fsp3) is 0.296. The Labute approximate surface area is 246 Å². The minimum atomic E-state index is -5.88. The molecule has 0 aliphatic rings. The van der Waals surface area contributed by atoms with Crippen molar-refractivity contribution in [1.82, 2.24) is 35.1 Å². The van der Waals surface area contributed by atoms with Crippen molar-refractivity contribution in [2.75, 3.05) is 0 Å². The predicted octanol–water partition coefficient (Wildman–Crippen LogP) is 4.96. The van der Waals surface area contributed by atoms with E-state index in [4.69, 9.17) is 11.6 Å². The molecule has 0 aliphatic heterocycles. The lowest BCUT2D eigenvalue weighted by Crippen LogP contribution is -2.34. The van der Waals surface area contributed by atoms with E-state index in [0.717, 1.165) is 4.68 Å². The Morgan fingerprint density at radius 2 is 1.86 bits per heavy atom. The summed E-state index contributed by atoms with van der Waals surface area (Å²) in [4.78, 5) is 31.4. The summed E-state index contributed by atoms with van der Waals surface area (Å²) in [6.45, 7) is 4.67. The average Bonchev–Trinajstić information content (AvgIpc) is 3.57. The van der Waals surface area contributed by atoms with Gasteiger partial charge in [-0.2, -0.15) is 47.3 Å². The molecular formula is C27H22ClF5N8O2. The number of carbonyl (C=O) groups is 2. The van der Waals surface area contributed by atoms with Crippen LogP contribution in [0.15, 0.2) is 42.7 Å². The van der Waals surface area contributed by atoms with Gasteiger partial charge in [-0.05, 0) is 62.2 Å². The number of hydrogen-bond acceptors (Lipinski definition) is 7. The van der Waals surface area contributed by atoms with Crippen LogP contribution in [0.1, 0.15) is 62.8 Å². The molecule has 1 N–H and O–H groups in total. The predicted molar refractivity (Wildman–Crippen MR) is 142 cm³/mol. The third kappa shape index (κ3) is 6.54. The number of nitrogens with zero attached hydrogens (tertiary/aromatic N) is 7. The first kappa shape index (κ1) is 31.2. The molecule has 3 aromatic heterocycles. The molecule has 4 rings (SSSR count). The van der Waals surface area contributed by atoms with E-state index < -0.39 is 36.0 Å². The second-order valence-corrected chi connectivity index (χ2v) is 10.1. The molecule has 0 bridgehead atoms. The van der Waals surface area contributed by atoms with Crippen molar-refractivity contribution in [3.8, 4) is 11.9 Å². The first-order valence-corrected chi connectivity index (χ1v) is 12.9.